The fraction of sp³-hybridized carbons (Fsp3) is 0.462. The minimum atomic E-state index is -4.39. The van der Waals surface area contributed by atoms with Gasteiger partial charge in [-0.15, -0.1) is 0 Å². The summed E-state index contributed by atoms with van der Waals surface area (Å²) in [5.41, 5.74) is 0.464. The van der Waals surface area contributed by atoms with Crippen molar-refractivity contribution in [3.05, 3.63) is 29.3 Å². The highest BCUT2D eigenvalue weighted by Gasteiger charge is 2.45. The van der Waals surface area contributed by atoms with Gasteiger partial charge in [0.15, 0.2) is 5.78 Å². The molecule has 1 aromatic rings. The van der Waals surface area contributed by atoms with Crippen molar-refractivity contribution in [3.8, 4) is 5.75 Å². The second kappa shape index (κ2) is 5.45. The van der Waals surface area contributed by atoms with E-state index in [1.165, 1.54) is 25.1 Å². The lowest BCUT2D eigenvalue weighted by molar-refractivity contribution is 0.101. The van der Waals surface area contributed by atoms with Crippen molar-refractivity contribution < 1.29 is 24.3 Å². The maximum absolute atomic E-state index is 11.8. The van der Waals surface area contributed by atoms with Crippen molar-refractivity contribution in [2.75, 3.05) is 0 Å². The molecular formula is C13H19O5P. The van der Waals surface area contributed by atoms with E-state index in [1.54, 1.807) is 13.8 Å². The molecule has 0 aromatic heterocycles. The molecule has 5 nitrogen and oxygen atoms in total. The van der Waals surface area contributed by atoms with Gasteiger partial charge in [-0.05, 0) is 37.5 Å². The van der Waals surface area contributed by atoms with Gasteiger partial charge in [0, 0.05) is 0 Å². The van der Waals surface area contributed by atoms with Crippen LogP contribution in [0.2, 0.25) is 0 Å². The second-order valence-electron chi connectivity index (χ2n) is 4.57. The van der Waals surface area contributed by atoms with Gasteiger partial charge in [0.25, 0.3) is 0 Å². The topological polar surface area (TPSA) is 94.8 Å². The molecule has 1 aromatic carbocycles. The van der Waals surface area contributed by atoms with Gasteiger partial charge < -0.3 is 14.9 Å². The highest BCUT2D eigenvalue weighted by atomic mass is 31.2. The van der Waals surface area contributed by atoms with Crippen molar-refractivity contribution in [2.45, 2.75) is 38.8 Å². The number of hydrogen-bond donors (Lipinski definition) is 3. The number of aromatic hydroxyl groups is 1. The summed E-state index contributed by atoms with van der Waals surface area (Å²) in [5.74, 6) is -0.519. The molecule has 0 radical (unpaired) electrons. The van der Waals surface area contributed by atoms with Crippen molar-refractivity contribution >= 4 is 13.4 Å². The molecule has 0 bridgehead atoms. The van der Waals surface area contributed by atoms with E-state index in [2.05, 4.69) is 0 Å². The first kappa shape index (κ1) is 15.9. The third-order valence-corrected chi connectivity index (χ3v) is 5.65. The minimum absolute atomic E-state index is 0.0808. The highest BCUT2D eigenvalue weighted by Crippen LogP contribution is 2.61. The average molecular weight is 286 g/mol. The van der Waals surface area contributed by atoms with Crippen LogP contribution < -0.4 is 0 Å². The predicted molar refractivity (Wildman–Crippen MR) is 72.4 cm³/mol. The quantitative estimate of drug-likeness (QED) is 0.571. The summed E-state index contributed by atoms with van der Waals surface area (Å²) in [6.45, 7) is 4.70. The molecule has 0 spiro atoms. The molecule has 0 amide bonds. The molecule has 0 saturated carbocycles. The smallest absolute Gasteiger partial charge is 0.335 e. The Bertz CT molecular complexity index is 528. The molecular weight excluding hydrogens is 267 g/mol. The molecule has 106 valence electrons. The van der Waals surface area contributed by atoms with E-state index in [9.17, 15) is 24.3 Å². The molecule has 0 saturated heterocycles. The van der Waals surface area contributed by atoms with E-state index in [0.29, 0.717) is 5.56 Å². The van der Waals surface area contributed by atoms with E-state index >= 15 is 0 Å². The van der Waals surface area contributed by atoms with Crippen LogP contribution in [-0.4, -0.2) is 20.7 Å². The summed E-state index contributed by atoms with van der Waals surface area (Å²) in [7, 11) is -4.39. The van der Waals surface area contributed by atoms with Crippen molar-refractivity contribution in [2.24, 2.45) is 0 Å². The van der Waals surface area contributed by atoms with Gasteiger partial charge in [0.05, 0.1) is 10.7 Å². The molecule has 0 aliphatic rings. The number of carbonyl (C=O) groups excluding carboxylic acids is 1. The maximum Gasteiger partial charge on any atom is 0.335 e. The molecule has 0 aliphatic carbocycles. The van der Waals surface area contributed by atoms with Crippen LogP contribution in [0.3, 0.4) is 0 Å². The van der Waals surface area contributed by atoms with Gasteiger partial charge in [-0.1, -0.05) is 19.9 Å². The molecule has 0 unspecified atom stereocenters. The van der Waals surface area contributed by atoms with E-state index in [1.807, 2.05) is 0 Å². The summed E-state index contributed by atoms with van der Waals surface area (Å²) in [4.78, 5) is 30.7. The zero-order valence-corrected chi connectivity index (χ0v) is 12.1. The van der Waals surface area contributed by atoms with E-state index < -0.39 is 12.8 Å². The van der Waals surface area contributed by atoms with Gasteiger partial charge in [0.2, 0.25) is 0 Å². The SMILES string of the molecule is CCC(CC)(c1ccc(O)c(C(C)=O)c1)P(=O)(O)O. The Labute approximate surface area is 112 Å². The van der Waals surface area contributed by atoms with Crippen molar-refractivity contribution in [3.63, 3.8) is 0 Å². The Balaban J connectivity index is 3.54. The Morgan fingerprint density at radius 3 is 2.16 bits per heavy atom. The van der Waals surface area contributed by atoms with E-state index in [0.717, 1.165) is 0 Å². The molecule has 0 atom stereocenters. The van der Waals surface area contributed by atoms with Crippen LogP contribution in [0.25, 0.3) is 0 Å². The number of ketones is 1. The zero-order chi connectivity index (χ0) is 14.8. The number of phenolic OH excluding ortho intramolecular Hbond substituents is 1. The summed E-state index contributed by atoms with van der Waals surface area (Å²) in [5, 5.41) is 8.29. The van der Waals surface area contributed by atoms with Gasteiger partial charge in [-0.3, -0.25) is 9.36 Å². The van der Waals surface area contributed by atoms with Crippen molar-refractivity contribution in [1.82, 2.24) is 0 Å². The van der Waals surface area contributed by atoms with Crippen molar-refractivity contribution in [1.29, 1.82) is 0 Å². The standard InChI is InChI=1S/C13H19O5P/c1-4-13(5-2,19(16,17)18)10-6-7-12(15)11(8-10)9(3)14/h6-8,15H,4-5H2,1-3H3,(H2,16,17,18). The summed E-state index contributed by atoms with van der Waals surface area (Å²) < 4.78 is 11.8. The first-order valence-corrected chi connectivity index (χ1v) is 7.71. The summed E-state index contributed by atoms with van der Waals surface area (Å²) in [6, 6.07) is 4.15. The molecule has 6 heteroatoms. The first-order valence-electron chi connectivity index (χ1n) is 6.09. The number of hydrogen-bond acceptors (Lipinski definition) is 3. The number of carbonyl (C=O) groups is 1. The minimum Gasteiger partial charge on any atom is -0.507 e. The molecule has 1 rings (SSSR count). The lowest BCUT2D eigenvalue weighted by Gasteiger charge is -2.33. The van der Waals surface area contributed by atoms with Crippen LogP contribution >= 0.6 is 7.60 Å². The molecule has 19 heavy (non-hydrogen) atoms. The Morgan fingerprint density at radius 1 is 1.26 bits per heavy atom. The molecule has 0 aliphatic heterocycles. The first-order chi connectivity index (χ1) is 8.69. The van der Waals surface area contributed by atoms with Gasteiger partial charge >= 0.3 is 7.60 Å². The second-order valence-corrected chi connectivity index (χ2v) is 6.51. The largest absolute Gasteiger partial charge is 0.507 e. The van der Waals surface area contributed by atoms with Crippen LogP contribution in [-0.2, 0) is 9.72 Å². The number of Topliss-reactive ketones (excluding diaryl/α,β-unsaturated/α-hetero) is 1. The fourth-order valence-corrected chi connectivity index (χ4v) is 3.65. The monoisotopic (exact) mass is 286 g/mol. The number of rotatable bonds is 5. The summed E-state index contributed by atoms with van der Waals surface area (Å²) in [6.07, 6.45) is 0.492. The Morgan fingerprint density at radius 2 is 1.79 bits per heavy atom. The lowest BCUT2D eigenvalue weighted by atomic mass is 9.90. The predicted octanol–water partition coefficient (Wildman–Crippen LogP) is 2.79. The van der Waals surface area contributed by atoms with Gasteiger partial charge in [-0.25, -0.2) is 0 Å². The van der Waals surface area contributed by atoms with Crippen LogP contribution in [0.1, 0.15) is 49.5 Å². The third-order valence-electron chi connectivity index (χ3n) is 3.64. The van der Waals surface area contributed by atoms with Crippen LogP contribution in [0, 0.1) is 0 Å². The average Bonchev–Trinajstić information content (AvgIpc) is 2.31. The lowest BCUT2D eigenvalue weighted by Crippen LogP contribution is -2.24. The highest BCUT2D eigenvalue weighted by molar-refractivity contribution is 7.53. The third kappa shape index (κ3) is 2.73. The Hall–Kier alpha value is -1.16. The van der Waals surface area contributed by atoms with Crippen LogP contribution in [0.4, 0.5) is 0 Å². The normalized spacial score (nSPS) is 12.5. The molecule has 3 N–H and O–H groups in total. The summed E-state index contributed by atoms with van der Waals surface area (Å²) >= 11 is 0. The Kier molecular flexibility index (Phi) is 4.56. The molecule has 0 heterocycles. The maximum atomic E-state index is 11.8. The fourth-order valence-electron chi connectivity index (χ4n) is 2.35. The van der Waals surface area contributed by atoms with Crippen LogP contribution in [0.5, 0.6) is 5.75 Å². The number of phenols is 1. The zero-order valence-electron chi connectivity index (χ0n) is 11.3. The van der Waals surface area contributed by atoms with E-state index in [4.69, 9.17) is 0 Å². The number of benzene rings is 1. The van der Waals surface area contributed by atoms with E-state index in [-0.39, 0.29) is 29.9 Å². The van der Waals surface area contributed by atoms with Crippen LogP contribution in [0.15, 0.2) is 18.2 Å². The van der Waals surface area contributed by atoms with Gasteiger partial charge in [-0.2, -0.15) is 0 Å². The molecule has 0 fully saturated rings. The van der Waals surface area contributed by atoms with Gasteiger partial charge in [0.1, 0.15) is 5.75 Å².